The number of aryl methyl sites for hydroxylation is 1. The minimum Gasteiger partial charge on any atom is -0.374 e. The number of nitrogens with one attached hydrogen (secondary N) is 1. The molecule has 20 heavy (non-hydrogen) atoms. The summed E-state index contributed by atoms with van der Waals surface area (Å²) < 4.78 is 8.15. The van der Waals surface area contributed by atoms with Gasteiger partial charge in [0.05, 0.1) is 24.4 Å². The highest BCUT2D eigenvalue weighted by Crippen LogP contribution is 2.28. The number of ether oxygens (including phenoxy) is 1. The predicted molar refractivity (Wildman–Crippen MR) is 80.8 cm³/mol. The van der Waals surface area contributed by atoms with Gasteiger partial charge in [0.2, 0.25) is 0 Å². The molecule has 1 aromatic rings. The molecule has 1 aliphatic rings. The number of aromatic nitrogens is 2. The molecule has 1 N–H and O–H groups in total. The molecule has 0 aromatic carbocycles. The van der Waals surface area contributed by atoms with Gasteiger partial charge in [0.1, 0.15) is 0 Å². The Hall–Kier alpha value is -0.910. The topological polar surface area (TPSA) is 42.3 Å². The Labute approximate surface area is 122 Å². The van der Waals surface area contributed by atoms with E-state index >= 15 is 0 Å². The Kier molecular flexibility index (Phi) is 6.01. The quantitative estimate of drug-likeness (QED) is 0.772. The average Bonchev–Trinajstić information content (AvgIpc) is 2.88. The van der Waals surface area contributed by atoms with E-state index < -0.39 is 0 Å². The predicted octanol–water partition coefficient (Wildman–Crippen LogP) is 1.66. The Morgan fingerprint density at radius 2 is 2.25 bits per heavy atom. The number of likely N-dealkylation sites (N-methyl/N-ethyl adjacent to an activating group) is 1. The first kappa shape index (κ1) is 15.5. The van der Waals surface area contributed by atoms with E-state index in [1.54, 1.807) is 0 Å². The van der Waals surface area contributed by atoms with Crippen LogP contribution in [0.3, 0.4) is 0 Å². The van der Waals surface area contributed by atoms with Crippen molar-refractivity contribution in [3.05, 3.63) is 18.0 Å². The molecule has 2 unspecified atom stereocenters. The maximum atomic E-state index is 6.02. The fourth-order valence-electron chi connectivity index (χ4n) is 2.86. The zero-order valence-electron chi connectivity index (χ0n) is 13.0. The van der Waals surface area contributed by atoms with Crippen LogP contribution in [0.1, 0.15) is 38.4 Å². The molecule has 0 amide bonds. The third-order valence-electron chi connectivity index (χ3n) is 3.86. The summed E-state index contributed by atoms with van der Waals surface area (Å²) in [4.78, 5) is 2.39. The number of nitrogens with zero attached hydrogens (tertiary/aromatic N) is 3. The van der Waals surface area contributed by atoms with Crippen LogP contribution in [0.25, 0.3) is 0 Å². The Morgan fingerprint density at radius 1 is 1.40 bits per heavy atom. The lowest BCUT2D eigenvalue weighted by atomic mass is 10.0. The first-order valence-corrected chi connectivity index (χ1v) is 7.82. The van der Waals surface area contributed by atoms with Gasteiger partial charge in [-0.2, -0.15) is 5.10 Å². The van der Waals surface area contributed by atoms with Crippen LogP contribution in [0.15, 0.2) is 12.3 Å². The lowest BCUT2D eigenvalue weighted by molar-refractivity contribution is -0.0639. The van der Waals surface area contributed by atoms with Crippen LogP contribution >= 0.6 is 0 Å². The van der Waals surface area contributed by atoms with E-state index in [-0.39, 0.29) is 6.10 Å². The van der Waals surface area contributed by atoms with E-state index in [0.717, 1.165) is 45.6 Å². The molecule has 2 heterocycles. The summed E-state index contributed by atoms with van der Waals surface area (Å²) >= 11 is 0. The van der Waals surface area contributed by atoms with Crippen LogP contribution in [-0.4, -0.2) is 54.1 Å². The van der Waals surface area contributed by atoms with Crippen LogP contribution in [0.5, 0.6) is 0 Å². The van der Waals surface area contributed by atoms with Crippen molar-refractivity contribution in [2.24, 2.45) is 0 Å². The normalized spacial score (nSPS) is 24.1. The molecule has 0 radical (unpaired) electrons. The van der Waals surface area contributed by atoms with Gasteiger partial charge in [0.15, 0.2) is 0 Å². The second-order valence-corrected chi connectivity index (χ2v) is 5.52. The van der Waals surface area contributed by atoms with Gasteiger partial charge in [0.25, 0.3) is 0 Å². The third kappa shape index (κ3) is 3.59. The highest BCUT2D eigenvalue weighted by atomic mass is 16.5. The second-order valence-electron chi connectivity index (χ2n) is 5.52. The monoisotopic (exact) mass is 280 g/mol. The fraction of sp³-hybridized carbons (Fsp3) is 0.800. The maximum Gasteiger partial charge on any atom is 0.0911 e. The van der Waals surface area contributed by atoms with Crippen molar-refractivity contribution < 1.29 is 4.74 Å². The van der Waals surface area contributed by atoms with Crippen molar-refractivity contribution >= 4 is 0 Å². The summed E-state index contributed by atoms with van der Waals surface area (Å²) in [6.07, 6.45) is 4.36. The molecule has 1 aromatic heterocycles. The van der Waals surface area contributed by atoms with E-state index in [9.17, 15) is 0 Å². The molecule has 114 valence electrons. The molecule has 5 nitrogen and oxygen atoms in total. The highest BCUT2D eigenvalue weighted by molar-refractivity contribution is 5.11. The van der Waals surface area contributed by atoms with E-state index in [1.807, 2.05) is 6.20 Å². The molecule has 0 aliphatic carbocycles. The van der Waals surface area contributed by atoms with Gasteiger partial charge >= 0.3 is 0 Å². The standard InChI is InChI=1S/C15H28N4O/c1-4-7-16-12-14-15(18(3)10-11-20-14)13-6-8-17-19(13)9-5-2/h6,8,14-16H,4-5,7,9-12H2,1-3H3. The molecular weight excluding hydrogens is 252 g/mol. The van der Waals surface area contributed by atoms with Crippen LogP contribution < -0.4 is 5.32 Å². The van der Waals surface area contributed by atoms with Crippen molar-refractivity contribution in [1.82, 2.24) is 20.0 Å². The van der Waals surface area contributed by atoms with E-state index in [0.29, 0.717) is 6.04 Å². The zero-order valence-corrected chi connectivity index (χ0v) is 13.0. The molecule has 0 saturated carbocycles. The molecule has 0 spiro atoms. The van der Waals surface area contributed by atoms with Gasteiger partial charge in [-0.25, -0.2) is 0 Å². The van der Waals surface area contributed by atoms with E-state index in [2.05, 4.69) is 47.0 Å². The fourth-order valence-corrected chi connectivity index (χ4v) is 2.86. The average molecular weight is 280 g/mol. The summed E-state index contributed by atoms with van der Waals surface area (Å²) in [6.45, 7) is 9.09. The van der Waals surface area contributed by atoms with Crippen LogP contribution in [0.2, 0.25) is 0 Å². The summed E-state index contributed by atoms with van der Waals surface area (Å²) in [5, 5.41) is 7.95. The molecule has 1 fully saturated rings. The van der Waals surface area contributed by atoms with Crippen LogP contribution in [0, 0.1) is 0 Å². The molecule has 2 rings (SSSR count). The van der Waals surface area contributed by atoms with Crippen LogP contribution in [-0.2, 0) is 11.3 Å². The SMILES string of the molecule is CCCNCC1OCCN(C)C1c1ccnn1CCC. The van der Waals surface area contributed by atoms with Crippen molar-refractivity contribution in [2.75, 3.05) is 33.3 Å². The molecule has 5 heteroatoms. The smallest absolute Gasteiger partial charge is 0.0911 e. The van der Waals surface area contributed by atoms with Crippen molar-refractivity contribution in [3.8, 4) is 0 Å². The molecular formula is C15H28N4O. The zero-order chi connectivity index (χ0) is 14.4. The number of hydrogen-bond donors (Lipinski definition) is 1. The van der Waals surface area contributed by atoms with Gasteiger partial charge in [-0.1, -0.05) is 13.8 Å². The van der Waals surface area contributed by atoms with Crippen molar-refractivity contribution in [2.45, 2.75) is 45.4 Å². The lowest BCUT2D eigenvalue weighted by Crippen LogP contribution is -2.48. The van der Waals surface area contributed by atoms with Crippen LogP contribution in [0.4, 0.5) is 0 Å². The molecule has 1 aliphatic heterocycles. The third-order valence-corrected chi connectivity index (χ3v) is 3.86. The Bertz CT molecular complexity index is 393. The summed E-state index contributed by atoms with van der Waals surface area (Å²) in [6, 6.07) is 2.43. The van der Waals surface area contributed by atoms with Gasteiger partial charge in [0, 0.05) is 25.8 Å². The number of rotatable bonds is 7. The Balaban J connectivity index is 2.11. The lowest BCUT2D eigenvalue weighted by Gasteiger charge is -2.39. The maximum absolute atomic E-state index is 6.02. The summed E-state index contributed by atoms with van der Waals surface area (Å²) in [7, 11) is 2.18. The van der Waals surface area contributed by atoms with Gasteiger partial charge < -0.3 is 10.1 Å². The first-order valence-electron chi connectivity index (χ1n) is 7.82. The first-order chi connectivity index (χ1) is 9.77. The van der Waals surface area contributed by atoms with Gasteiger partial charge in [-0.05, 0) is 32.5 Å². The molecule has 1 saturated heterocycles. The van der Waals surface area contributed by atoms with Gasteiger partial charge in [-0.3, -0.25) is 9.58 Å². The summed E-state index contributed by atoms with van der Waals surface area (Å²) in [5.41, 5.74) is 1.28. The minimum atomic E-state index is 0.201. The Morgan fingerprint density at radius 3 is 3.00 bits per heavy atom. The van der Waals surface area contributed by atoms with Gasteiger partial charge in [-0.15, -0.1) is 0 Å². The number of hydrogen-bond acceptors (Lipinski definition) is 4. The molecule has 2 atom stereocenters. The second kappa shape index (κ2) is 7.76. The van der Waals surface area contributed by atoms with Crippen molar-refractivity contribution in [1.29, 1.82) is 0 Å². The van der Waals surface area contributed by atoms with Crippen molar-refractivity contribution in [3.63, 3.8) is 0 Å². The highest BCUT2D eigenvalue weighted by Gasteiger charge is 2.33. The minimum absolute atomic E-state index is 0.201. The molecule has 0 bridgehead atoms. The van der Waals surface area contributed by atoms with E-state index in [4.69, 9.17) is 4.74 Å². The van der Waals surface area contributed by atoms with E-state index in [1.165, 1.54) is 5.69 Å². The number of morpholine rings is 1. The largest absolute Gasteiger partial charge is 0.374 e. The summed E-state index contributed by atoms with van der Waals surface area (Å²) in [5.74, 6) is 0.